The van der Waals surface area contributed by atoms with Crippen molar-refractivity contribution >= 4 is 11.7 Å². The zero-order valence-corrected chi connectivity index (χ0v) is 19.0. The van der Waals surface area contributed by atoms with Gasteiger partial charge >= 0.3 is 5.97 Å². The molecule has 1 aliphatic rings. The van der Waals surface area contributed by atoms with Crippen molar-refractivity contribution in [2.45, 2.75) is 25.0 Å². The molecule has 0 fully saturated rings. The first-order valence-corrected chi connectivity index (χ1v) is 11.3. The van der Waals surface area contributed by atoms with Gasteiger partial charge in [-0.05, 0) is 78.1 Å². The quantitative estimate of drug-likeness (QED) is 0.322. The molecule has 0 aliphatic carbocycles. The van der Waals surface area contributed by atoms with E-state index in [1.165, 1.54) is 12.1 Å². The Balaban J connectivity index is 1.22. The standard InChI is InChI=1S/C26H27N2O7/c29-22(16-34-23-10-7-21(8-11-23)28(32)33)14-27-15-24-9-5-20-13-19(6-12-25(20)35-24)17-1-3-18(4-2-17)26(30)31/h1-4,6-8,10-13,22,24,27,29,32H,5,9,14-16H2,(H,30,31)/q-1/t22?,24-/m1/s1. The molecule has 0 bridgehead atoms. The van der Waals surface area contributed by atoms with Crippen molar-refractivity contribution in [3.05, 3.63) is 83.1 Å². The number of carboxylic acid groups (broad SMARTS) is 1. The summed E-state index contributed by atoms with van der Waals surface area (Å²) in [5.41, 5.74) is 3.44. The minimum atomic E-state index is -0.943. The summed E-state index contributed by atoms with van der Waals surface area (Å²) in [6.07, 6.45) is 0.952. The molecule has 1 unspecified atom stereocenters. The van der Waals surface area contributed by atoms with E-state index >= 15 is 0 Å². The minimum Gasteiger partial charge on any atom is -0.733 e. The molecule has 9 heteroatoms. The van der Waals surface area contributed by atoms with Gasteiger partial charge in [0.15, 0.2) is 0 Å². The van der Waals surface area contributed by atoms with Crippen LogP contribution in [0.15, 0.2) is 66.7 Å². The Morgan fingerprint density at radius 3 is 2.51 bits per heavy atom. The Morgan fingerprint density at radius 2 is 1.83 bits per heavy atom. The number of ether oxygens (including phenoxy) is 2. The molecule has 3 aromatic rings. The third-order valence-corrected chi connectivity index (χ3v) is 5.81. The number of hydrogen-bond acceptors (Lipinski definition) is 8. The van der Waals surface area contributed by atoms with E-state index in [-0.39, 0.29) is 29.2 Å². The molecule has 4 N–H and O–H groups in total. The molecule has 2 atom stereocenters. The number of carboxylic acids is 1. The first-order valence-electron chi connectivity index (χ1n) is 11.3. The average Bonchev–Trinajstić information content (AvgIpc) is 2.87. The largest absolute Gasteiger partial charge is 0.733 e. The number of rotatable bonds is 10. The monoisotopic (exact) mass is 479 g/mol. The normalized spacial score (nSPS) is 15.6. The van der Waals surface area contributed by atoms with Gasteiger partial charge in [0.25, 0.3) is 0 Å². The summed E-state index contributed by atoms with van der Waals surface area (Å²) in [5.74, 6) is 0.376. The predicted octanol–water partition coefficient (Wildman–Crippen LogP) is 3.47. The maximum absolute atomic E-state index is 11.0. The molecule has 3 aromatic carbocycles. The summed E-state index contributed by atoms with van der Waals surface area (Å²) < 4.78 is 11.6. The molecular formula is C26H27N2O7-. The van der Waals surface area contributed by atoms with Gasteiger partial charge in [-0.3, -0.25) is 5.21 Å². The summed E-state index contributed by atoms with van der Waals surface area (Å²) in [5, 5.41) is 41.8. The molecule has 1 heterocycles. The van der Waals surface area contributed by atoms with E-state index in [0.717, 1.165) is 35.3 Å². The lowest BCUT2D eigenvalue weighted by atomic mass is 9.96. The molecule has 0 saturated heterocycles. The third kappa shape index (κ3) is 6.49. The second-order valence-corrected chi connectivity index (χ2v) is 8.37. The highest BCUT2D eigenvalue weighted by molar-refractivity contribution is 5.88. The van der Waals surface area contributed by atoms with Crippen LogP contribution < -0.4 is 20.0 Å². The number of hydrogen-bond donors (Lipinski definition) is 4. The van der Waals surface area contributed by atoms with E-state index < -0.39 is 12.1 Å². The molecule has 0 amide bonds. The molecule has 4 rings (SSSR count). The average molecular weight is 480 g/mol. The Labute approximate surface area is 202 Å². The van der Waals surface area contributed by atoms with Gasteiger partial charge in [0.1, 0.15) is 30.3 Å². The molecule has 0 spiro atoms. The summed E-state index contributed by atoms with van der Waals surface area (Å²) in [6.45, 7) is 0.998. The second-order valence-electron chi connectivity index (χ2n) is 8.37. The number of aliphatic hydroxyl groups is 1. The molecule has 9 nitrogen and oxygen atoms in total. The van der Waals surface area contributed by atoms with Gasteiger partial charge in [0, 0.05) is 13.1 Å². The topological polar surface area (TPSA) is 135 Å². The van der Waals surface area contributed by atoms with Gasteiger partial charge in [0.2, 0.25) is 0 Å². The van der Waals surface area contributed by atoms with Crippen LogP contribution >= 0.6 is 0 Å². The Hall–Kier alpha value is -3.63. The highest BCUT2D eigenvalue weighted by Crippen LogP contribution is 2.32. The molecule has 0 radical (unpaired) electrons. The maximum Gasteiger partial charge on any atom is 0.335 e. The van der Waals surface area contributed by atoms with E-state index in [0.29, 0.717) is 18.8 Å². The zero-order chi connectivity index (χ0) is 24.8. The van der Waals surface area contributed by atoms with Crippen LogP contribution in [-0.2, 0) is 6.42 Å². The van der Waals surface area contributed by atoms with E-state index in [2.05, 4.69) is 11.4 Å². The summed E-state index contributed by atoms with van der Waals surface area (Å²) in [6, 6.07) is 18.7. The Morgan fingerprint density at radius 1 is 1.11 bits per heavy atom. The maximum atomic E-state index is 11.0. The van der Waals surface area contributed by atoms with Crippen molar-refractivity contribution < 1.29 is 29.7 Å². The lowest BCUT2D eigenvalue weighted by Crippen LogP contribution is -2.39. The van der Waals surface area contributed by atoms with Crippen LogP contribution in [-0.4, -0.2) is 53.3 Å². The van der Waals surface area contributed by atoms with Gasteiger partial charge < -0.3 is 35.4 Å². The minimum absolute atomic E-state index is 0.0163. The van der Waals surface area contributed by atoms with Crippen molar-refractivity contribution in [3.63, 3.8) is 0 Å². The fourth-order valence-electron chi connectivity index (χ4n) is 3.91. The molecule has 35 heavy (non-hydrogen) atoms. The fourth-order valence-corrected chi connectivity index (χ4v) is 3.91. The lowest BCUT2D eigenvalue weighted by Gasteiger charge is -2.27. The van der Waals surface area contributed by atoms with Gasteiger partial charge in [-0.1, -0.05) is 18.2 Å². The predicted molar refractivity (Wildman–Crippen MR) is 130 cm³/mol. The molecule has 1 aliphatic heterocycles. The molecular weight excluding hydrogens is 452 g/mol. The second kappa shape index (κ2) is 11.2. The van der Waals surface area contributed by atoms with Crippen molar-refractivity contribution in [1.82, 2.24) is 5.32 Å². The number of aromatic carboxylic acids is 1. The van der Waals surface area contributed by atoms with Crippen LogP contribution in [0.3, 0.4) is 0 Å². The van der Waals surface area contributed by atoms with Gasteiger partial charge in [-0.2, -0.15) is 0 Å². The number of benzene rings is 3. The molecule has 0 saturated carbocycles. The number of fused-ring (bicyclic) bond motifs is 1. The zero-order valence-electron chi connectivity index (χ0n) is 19.0. The highest BCUT2D eigenvalue weighted by atomic mass is 16.8. The van der Waals surface area contributed by atoms with Crippen LogP contribution in [0.5, 0.6) is 11.5 Å². The van der Waals surface area contributed by atoms with Crippen LogP contribution in [0.1, 0.15) is 22.3 Å². The van der Waals surface area contributed by atoms with Crippen LogP contribution in [0.25, 0.3) is 11.1 Å². The van der Waals surface area contributed by atoms with Crippen molar-refractivity contribution in [1.29, 1.82) is 0 Å². The van der Waals surface area contributed by atoms with Gasteiger partial charge in [0.05, 0.1) is 11.3 Å². The van der Waals surface area contributed by atoms with Crippen molar-refractivity contribution in [3.8, 4) is 22.6 Å². The number of carbonyl (C=O) groups is 1. The van der Waals surface area contributed by atoms with Crippen LogP contribution in [0.2, 0.25) is 0 Å². The van der Waals surface area contributed by atoms with E-state index in [1.807, 2.05) is 12.1 Å². The number of nitrogens with zero attached hydrogens (tertiary/aromatic N) is 1. The third-order valence-electron chi connectivity index (χ3n) is 5.81. The van der Waals surface area contributed by atoms with E-state index in [4.69, 9.17) is 19.8 Å². The Bertz CT molecular complexity index is 1130. The Kier molecular flexibility index (Phi) is 7.84. The van der Waals surface area contributed by atoms with Crippen molar-refractivity contribution in [2.24, 2.45) is 0 Å². The first-order chi connectivity index (χ1) is 16.9. The number of aliphatic hydroxyl groups excluding tert-OH is 1. The smallest absolute Gasteiger partial charge is 0.335 e. The fraction of sp³-hybridized carbons (Fsp3) is 0.269. The van der Waals surface area contributed by atoms with Crippen LogP contribution in [0, 0.1) is 5.21 Å². The first kappa shape index (κ1) is 24.5. The van der Waals surface area contributed by atoms with E-state index in [1.54, 1.807) is 36.4 Å². The van der Waals surface area contributed by atoms with Gasteiger partial charge in [-0.25, -0.2) is 4.79 Å². The van der Waals surface area contributed by atoms with Gasteiger partial charge in [-0.15, -0.1) is 0 Å². The summed E-state index contributed by atoms with van der Waals surface area (Å²) in [7, 11) is 0. The van der Waals surface area contributed by atoms with Crippen molar-refractivity contribution in [2.75, 3.05) is 24.9 Å². The highest BCUT2D eigenvalue weighted by Gasteiger charge is 2.20. The number of aryl methyl sites for hydroxylation is 1. The lowest BCUT2D eigenvalue weighted by molar-refractivity contribution is 0.0697. The molecule has 184 valence electrons. The van der Waals surface area contributed by atoms with E-state index in [9.17, 15) is 15.1 Å². The number of nitrogens with one attached hydrogen (secondary N) is 1. The SMILES string of the molecule is O=C(O)c1ccc(-c2ccc3c(c2)CC[C@H](CNCC(O)COc2ccc(N([O-])O)cc2)O3)cc1. The van der Waals surface area contributed by atoms with Crippen LogP contribution in [0.4, 0.5) is 5.69 Å². The summed E-state index contributed by atoms with van der Waals surface area (Å²) in [4.78, 5) is 11.0. The summed E-state index contributed by atoms with van der Waals surface area (Å²) >= 11 is 0. The molecule has 0 aromatic heterocycles. The number of anilines is 1.